The van der Waals surface area contributed by atoms with Crippen molar-refractivity contribution in [2.24, 2.45) is 0 Å². The maximum Gasteiger partial charge on any atom is 0.160 e. The zero-order chi connectivity index (χ0) is 8.43. The Morgan fingerprint density at radius 2 is 2.09 bits per heavy atom. The van der Waals surface area contributed by atoms with Crippen LogP contribution >= 0.6 is 12.6 Å². The first-order chi connectivity index (χ1) is 5.11. The van der Waals surface area contributed by atoms with Crippen molar-refractivity contribution in [3.63, 3.8) is 0 Å². The van der Waals surface area contributed by atoms with Crippen LogP contribution < -0.4 is 0 Å². The summed E-state index contributed by atoms with van der Waals surface area (Å²) in [5.74, 6) is 0.0682. The van der Waals surface area contributed by atoms with Gasteiger partial charge in [-0.2, -0.15) is 0 Å². The molecule has 0 aromatic heterocycles. The third kappa shape index (κ3) is 1.84. The number of carbonyl (C=O) groups is 1. The fourth-order valence-electron chi connectivity index (χ4n) is 0.932. The van der Waals surface area contributed by atoms with Crippen LogP contribution in [-0.4, -0.2) is 5.78 Å². The van der Waals surface area contributed by atoms with E-state index in [-0.39, 0.29) is 5.78 Å². The van der Waals surface area contributed by atoms with Crippen LogP contribution in [0.5, 0.6) is 0 Å². The number of aryl methyl sites for hydroxylation is 1. The van der Waals surface area contributed by atoms with Gasteiger partial charge in [0.2, 0.25) is 0 Å². The van der Waals surface area contributed by atoms with Gasteiger partial charge in [0.05, 0.1) is 0 Å². The lowest BCUT2D eigenvalue weighted by molar-refractivity contribution is 0.101. The molecule has 58 valence electrons. The van der Waals surface area contributed by atoms with Crippen LogP contribution in [0.25, 0.3) is 0 Å². The van der Waals surface area contributed by atoms with Gasteiger partial charge in [0, 0.05) is 10.5 Å². The quantitative estimate of drug-likeness (QED) is 0.501. The highest BCUT2D eigenvalue weighted by Gasteiger charge is 2.02. The largest absolute Gasteiger partial charge is 0.294 e. The van der Waals surface area contributed by atoms with Gasteiger partial charge in [-0.3, -0.25) is 4.79 Å². The van der Waals surface area contributed by atoms with Crippen LogP contribution in [0.2, 0.25) is 0 Å². The van der Waals surface area contributed by atoms with Gasteiger partial charge in [-0.05, 0) is 26.0 Å². The Morgan fingerprint density at radius 1 is 1.45 bits per heavy atom. The zero-order valence-corrected chi connectivity index (χ0v) is 7.48. The monoisotopic (exact) mass is 166 g/mol. The zero-order valence-electron chi connectivity index (χ0n) is 6.59. The van der Waals surface area contributed by atoms with Crippen molar-refractivity contribution in [2.75, 3.05) is 0 Å². The van der Waals surface area contributed by atoms with Crippen molar-refractivity contribution >= 4 is 18.4 Å². The fraction of sp³-hybridized carbons (Fsp3) is 0.222. The molecule has 0 amide bonds. The Labute approximate surface area is 71.8 Å². The Bertz CT molecular complexity index is 292. The Balaban J connectivity index is 3.23. The number of Topliss-reactive ketones (excluding diaryl/α,β-unsaturated/α-hetero) is 1. The van der Waals surface area contributed by atoms with E-state index in [2.05, 4.69) is 12.6 Å². The molecule has 0 unspecified atom stereocenters. The first kappa shape index (κ1) is 8.34. The topological polar surface area (TPSA) is 17.1 Å². The van der Waals surface area contributed by atoms with E-state index in [0.717, 1.165) is 10.5 Å². The third-order valence-electron chi connectivity index (χ3n) is 1.53. The number of carbonyl (C=O) groups excluding carboxylic acids is 1. The normalized spacial score (nSPS) is 9.73. The van der Waals surface area contributed by atoms with Gasteiger partial charge in [0.25, 0.3) is 0 Å². The number of ketones is 1. The average molecular weight is 166 g/mol. The molecule has 1 aromatic rings. The van der Waals surface area contributed by atoms with E-state index in [0.29, 0.717) is 5.56 Å². The molecule has 1 aromatic carbocycles. The summed E-state index contributed by atoms with van der Waals surface area (Å²) in [7, 11) is 0. The Morgan fingerprint density at radius 3 is 2.55 bits per heavy atom. The van der Waals surface area contributed by atoms with E-state index in [1.807, 2.05) is 25.1 Å². The number of hydrogen-bond donors (Lipinski definition) is 1. The van der Waals surface area contributed by atoms with E-state index in [9.17, 15) is 4.79 Å². The average Bonchev–Trinajstić information content (AvgIpc) is 1.94. The maximum atomic E-state index is 11.0. The van der Waals surface area contributed by atoms with E-state index < -0.39 is 0 Å². The fourth-order valence-corrected chi connectivity index (χ4v) is 1.23. The van der Waals surface area contributed by atoms with Crippen molar-refractivity contribution in [1.29, 1.82) is 0 Å². The van der Waals surface area contributed by atoms with Crippen LogP contribution in [0.15, 0.2) is 23.1 Å². The SMILES string of the molecule is CC(=O)c1cc(C)ccc1S. The van der Waals surface area contributed by atoms with Gasteiger partial charge in [0.15, 0.2) is 5.78 Å². The predicted molar refractivity (Wildman–Crippen MR) is 48.4 cm³/mol. The Kier molecular flexibility index (Phi) is 2.35. The number of benzene rings is 1. The molecule has 0 heterocycles. The van der Waals surface area contributed by atoms with Crippen molar-refractivity contribution in [3.05, 3.63) is 29.3 Å². The second-order valence-electron chi connectivity index (χ2n) is 2.58. The van der Waals surface area contributed by atoms with Crippen molar-refractivity contribution < 1.29 is 4.79 Å². The summed E-state index contributed by atoms with van der Waals surface area (Å²) in [6.07, 6.45) is 0. The van der Waals surface area contributed by atoms with Crippen LogP contribution in [0.3, 0.4) is 0 Å². The second kappa shape index (κ2) is 3.09. The highest BCUT2D eigenvalue weighted by molar-refractivity contribution is 7.80. The number of rotatable bonds is 1. The minimum atomic E-state index is 0.0682. The van der Waals surface area contributed by atoms with Crippen molar-refractivity contribution in [1.82, 2.24) is 0 Å². The molecule has 11 heavy (non-hydrogen) atoms. The number of hydrogen-bond acceptors (Lipinski definition) is 2. The van der Waals surface area contributed by atoms with Crippen LogP contribution in [0, 0.1) is 6.92 Å². The number of thiol groups is 1. The molecule has 1 rings (SSSR count). The minimum Gasteiger partial charge on any atom is -0.294 e. The second-order valence-corrected chi connectivity index (χ2v) is 3.06. The third-order valence-corrected chi connectivity index (χ3v) is 1.92. The van der Waals surface area contributed by atoms with Crippen LogP contribution in [0.1, 0.15) is 22.8 Å². The van der Waals surface area contributed by atoms with E-state index >= 15 is 0 Å². The summed E-state index contributed by atoms with van der Waals surface area (Å²) < 4.78 is 0. The highest BCUT2D eigenvalue weighted by Crippen LogP contribution is 2.15. The van der Waals surface area contributed by atoms with Gasteiger partial charge in [-0.15, -0.1) is 12.6 Å². The molecule has 0 saturated carbocycles. The molecule has 0 atom stereocenters. The minimum absolute atomic E-state index is 0.0682. The highest BCUT2D eigenvalue weighted by atomic mass is 32.1. The molecule has 1 nitrogen and oxygen atoms in total. The molecule has 0 aliphatic rings. The van der Waals surface area contributed by atoms with Gasteiger partial charge in [0.1, 0.15) is 0 Å². The lowest BCUT2D eigenvalue weighted by Gasteiger charge is -2.00. The summed E-state index contributed by atoms with van der Waals surface area (Å²) in [4.78, 5) is 11.7. The summed E-state index contributed by atoms with van der Waals surface area (Å²) in [6.45, 7) is 3.51. The van der Waals surface area contributed by atoms with Gasteiger partial charge < -0.3 is 0 Å². The van der Waals surface area contributed by atoms with E-state index in [1.165, 1.54) is 0 Å². The lowest BCUT2D eigenvalue weighted by Crippen LogP contribution is -1.93. The van der Waals surface area contributed by atoms with Crippen molar-refractivity contribution in [2.45, 2.75) is 18.7 Å². The predicted octanol–water partition coefficient (Wildman–Crippen LogP) is 2.49. The molecule has 0 aliphatic carbocycles. The summed E-state index contributed by atoms with van der Waals surface area (Å²) >= 11 is 4.16. The molecule has 2 heteroatoms. The molecule has 0 N–H and O–H groups in total. The van der Waals surface area contributed by atoms with Gasteiger partial charge >= 0.3 is 0 Å². The summed E-state index contributed by atoms with van der Waals surface area (Å²) in [5.41, 5.74) is 1.79. The smallest absolute Gasteiger partial charge is 0.160 e. The molecular weight excluding hydrogens is 156 g/mol. The molecule has 0 saturated heterocycles. The van der Waals surface area contributed by atoms with Gasteiger partial charge in [-0.1, -0.05) is 11.6 Å². The standard InChI is InChI=1S/C9H10OS/c1-6-3-4-9(11)8(5-6)7(2)10/h3-5,11H,1-2H3. The lowest BCUT2D eigenvalue weighted by atomic mass is 10.1. The van der Waals surface area contributed by atoms with Gasteiger partial charge in [-0.25, -0.2) is 0 Å². The van der Waals surface area contributed by atoms with E-state index in [1.54, 1.807) is 6.92 Å². The summed E-state index contributed by atoms with van der Waals surface area (Å²) in [6, 6.07) is 5.63. The first-order valence-corrected chi connectivity index (χ1v) is 3.86. The molecule has 0 spiro atoms. The molecular formula is C9H10OS. The summed E-state index contributed by atoms with van der Waals surface area (Å²) in [5, 5.41) is 0. The van der Waals surface area contributed by atoms with Crippen LogP contribution in [0.4, 0.5) is 0 Å². The Hall–Kier alpha value is -0.760. The first-order valence-electron chi connectivity index (χ1n) is 3.42. The molecule has 0 fully saturated rings. The van der Waals surface area contributed by atoms with Crippen LogP contribution in [-0.2, 0) is 0 Å². The van der Waals surface area contributed by atoms with Crippen molar-refractivity contribution in [3.8, 4) is 0 Å². The maximum absolute atomic E-state index is 11.0. The molecule has 0 aliphatic heterocycles. The van der Waals surface area contributed by atoms with E-state index in [4.69, 9.17) is 0 Å². The molecule has 0 bridgehead atoms. The molecule has 0 radical (unpaired) electrons.